The average molecular weight is 452 g/mol. The molecule has 0 atom stereocenters. The van der Waals surface area contributed by atoms with Gasteiger partial charge >= 0.3 is 6.11 Å². The fourth-order valence-electron chi connectivity index (χ4n) is 3.30. The molecule has 7 heteroatoms. The average Bonchev–Trinajstić information content (AvgIpc) is 2.75. The van der Waals surface area contributed by atoms with Gasteiger partial charge in [0, 0.05) is 0 Å². The van der Waals surface area contributed by atoms with Gasteiger partial charge < -0.3 is 4.74 Å². The van der Waals surface area contributed by atoms with Gasteiger partial charge in [0.25, 0.3) is 0 Å². The van der Waals surface area contributed by atoms with E-state index in [4.69, 9.17) is 4.74 Å². The third-order valence-electron chi connectivity index (χ3n) is 5.08. The molecule has 0 aliphatic carbocycles. The summed E-state index contributed by atoms with van der Waals surface area (Å²) in [5.41, 5.74) is 0.764. The van der Waals surface area contributed by atoms with E-state index < -0.39 is 34.9 Å². The molecule has 0 unspecified atom stereocenters. The second-order valence-corrected chi connectivity index (χ2v) is 7.55. The highest BCUT2D eigenvalue weighted by molar-refractivity contribution is 5.31. The maximum absolute atomic E-state index is 14.5. The van der Waals surface area contributed by atoms with Gasteiger partial charge in [0.2, 0.25) is 0 Å². The van der Waals surface area contributed by atoms with Crippen LogP contribution in [0, 0.1) is 23.3 Å². The molecule has 1 nitrogen and oxygen atoms in total. The maximum Gasteiger partial charge on any atom is 0.429 e. The topological polar surface area (TPSA) is 9.23 Å². The van der Waals surface area contributed by atoms with E-state index in [1.807, 2.05) is 6.92 Å². The summed E-state index contributed by atoms with van der Waals surface area (Å²) in [6, 6.07) is 11.1. The van der Waals surface area contributed by atoms with Gasteiger partial charge in [0.1, 0.15) is 11.6 Å². The number of hydrogen-bond acceptors (Lipinski definition) is 1. The third-order valence-corrected chi connectivity index (χ3v) is 5.08. The molecule has 170 valence electrons. The zero-order valence-corrected chi connectivity index (χ0v) is 17.4. The molecule has 0 heterocycles. The van der Waals surface area contributed by atoms with Crippen molar-refractivity contribution in [2.24, 2.45) is 0 Å². The van der Waals surface area contributed by atoms with Gasteiger partial charge in [0.05, 0.1) is 5.56 Å². The first-order valence-electron chi connectivity index (χ1n) is 10.3. The maximum atomic E-state index is 14.5. The molecule has 0 amide bonds. The summed E-state index contributed by atoms with van der Waals surface area (Å²) in [4.78, 5) is 0. The van der Waals surface area contributed by atoms with Crippen molar-refractivity contribution < 1.29 is 31.1 Å². The lowest BCUT2D eigenvalue weighted by Crippen LogP contribution is -2.23. The van der Waals surface area contributed by atoms with E-state index in [0.717, 1.165) is 37.1 Å². The molecule has 0 radical (unpaired) electrons. The minimum absolute atomic E-state index is 0.160. The summed E-state index contributed by atoms with van der Waals surface area (Å²) in [5, 5.41) is 0. The first-order valence-corrected chi connectivity index (χ1v) is 10.3. The Hall–Kier alpha value is -2.96. The summed E-state index contributed by atoms with van der Waals surface area (Å²) in [5.74, 6) is -5.25. The summed E-state index contributed by atoms with van der Waals surface area (Å²) in [6.07, 6.45) is -0.939. The molecule has 0 aliphatic heterocycles. The molecule has 0 spiro atoms. The van der Waals surface area contributed by atoms with Crippen LogP contribution in [0.2, 0.25) is 0 Å². The standard InChI is InChI=1S/C25H22F6O/c1-2-3-4-17-9-12-20(21(26)13-17)25(30,31)32-19-10-7-16(8-11-19)5-6-18-14-22(27)24(29)23(28)15-18/h7-15H,2-6H2,1H3. The molecular formula is C25H22F6O. The van der Waals surface area contributed by atoms with Crippen LogP contribution in [0.25, 0.3) is 0 Å². The van der Waals surface area contributed by atoms with Gasteiger partial charge in [-0.3, -0.25) is 0 Å². The zero-order valence-electron chi connectivity index (χ0n) is 17.4. The molecular weight excluding hydrogens is 430 g/mol. The van der Waals surface area contributed by atoms with E-state index in [1.54, 1.807) is 0 Å². The highest BCUT2D eigenvalue weighted by Gasteiger charge is 2.37. The third kappa shape index (κ3) is 5.84. The molecule has 0 saturated heterocycles. The number of aryl methyl sites for hydroxylation is 3. The minimum atomic E-state index is -3.86. The first kappa shape index (κ1) is 23.7. The molecule has 0 aliphatic rings. The predicted molar refractivity (Wildman–Crippen MR) is 110 cm³/mol. The van der Waals surface area contributed by atoms with Gasteiger partial charge in [-0.05, 0) is 78.8 Å². The van der Waals surface area contributed by atoms with Gasteiger partial charge in [-0.15, -0.1) is 0 Å². The number of ether oxygens (including phenoxy) is 1. The smallest absolute Gasteiger partial charge is 0.429 e. The molecule has 0 fully saturated rings. The van der Waals surface area contributed by atoms with Crippen LogP contribution < -0.4 is 4.74 Å². The number of hydrogen-bond donors (Lipinski definition) is 0. The van der Waals surface area contributed by atoms with Crippen molar-refractivity contribution in [3.63, 3.8) is 0 Å². The van der Waals surface area contributed by atoms with Gasteiger partial charge in [-0.1, -0.05) is 31.5 Å². The van der Waals surface area contributed by atoms with Crippen molar-refractivity contribution in [2.75, 3.05) is 0 Å². The Labute approximate surface area is 182 Å². The van der Waals surface area contributed by atoms with Gasteiger partial charge in [-0.2, -0.15) is 8.78 Å². The van der Waals surface area contributed by atoms with Crippen LogP contribution in [0.4, 0.5) is 26.3 Å². The molecule has 32 heavy (non-hydrogen) atoms. The van der Waals surface area contributed by atoms with Gasteiger partial charge in [0.15, 0.2) is 17.5 Å². The molecule has 3 rings (SSSR count). The van der Waals surface area contributed by atoms with E-state index in [2.05, 4.69) is 0 Å². The predicted octanol–water partition coefficient (Wildman–Crippen LogP) is 7.50. The lowest BCUT2D eigenvalue weighted by Gasteiger charge is -2.19. The quantitative estimate of drug-likeness (QED) is 0.241. The molecule has 0 saturated carbocycles. The second-order valence-electron chi connectivity index (χ2n) is 7.55. The van der Waals surface area contributed by atoms with E-state index in [0.29, 0.717) is 24.0 Å². The fourth-order valence-corrected chi connectivity index (χ4v) is 3.30. The SMILES string of the molecule is CCCCc1ccc(C(F)(F)Oc2ccc(CCc3cc(F)c(F)c(F)c3)cc2)c(F)c1. The van der Waals surface area contributed by atoms with E-state index in [9.17, 15) is 26.3 Å². The number of rotatable bonds is 9. The lowest BCUT2D eigenvalue weighted by atomic mass is 10.0. The minimum Gasteiger partial charge on any atom is -0.429 e. The fraction of sp³-hybridized carbons (Fsp3) is 0.280. The number of unbranched alkanes of at least 4 members (excludes halogenated alkanes) is 1. The van der Waals surface area contributed by atoms with Crippen LogP contribution in [-0.4, -0.2) is 0 Å². The highest BCUT2D eigenvalue weighted by atomic mass is 19.3. The normalized spacial score (nSPS) is 11.6. The largest absolute Gasteiger partial charge is 0.429 e. The summed E-state index contributed by atoms with van der Waals surface area (Å²) >= 11 is 0. The highest BCUT2D eigenvalue weighted by Crippen LogP contribution is 2.34. The van der Waals surface area contributed by atoms with Gasteiger partial charge in [-0.25, -0.2) is 17.6 Å². The molecule has 0 bridgehead atoms. The second kappa shape index (κ2) is 10.1. The van der Waals surface area contributed by atoms with Crippen LogP contribution >= 0.6 is 0 Å². The van der Waals surface area contributed by atoms with Crippen molar-refractivity contribution >= 4 is 0 Å². The number of halogens is 6. The number of benzene rings is 3. The van der Waals surface area contributed by atoms with Crippen LogP contribution in [-0.2, 0) is 25.4 Å². The van der Waals surface area contributed by atoms with Crippen molar-refractivity contribution in [1.82, 2.24) is 0 Å². The summed E-state index contributed by atoms with van der Waals surface area (Å²) in [7, 11) is 0. The molecule has 0 N–H and O–H groups in total. The number of alkyl halides is 2. The van der Waals surface area contributed by atoms with Crippen LogP contribution in [0.1, 0.15) is 42.0 Å². The van der Waals surface area contributed by atoms with E-state index in [-0.39, 0.29) is 17.7 Å². The van der Waals surface area contributed by atoms with Crippen molar-refractivity contribution in [3.05, 3.63) is 100 Å². The Morgan fingerprint density at radius 1 is 0.688 bits per heavy atom. The Morgan fingerprint density at radius 3 is 1.84 bits per heavy atom. The molecule has 3 aromatic carbocycles. The summed E-state index contributed by atoms with van der Waals surface area (Å²) < 4.78 is 87.6. The van der Waals surface area contributed by atoms with Crippen LogP contribution in [0.15, 0.2) is 54.6 Å². The Morgan fingerprint density at radius 2 is 1.25 bits per heavy atom. The van der Waals surface area contributed by atoms with Crippen LogP contribution in [0.3, 0.4) is 0 Å². The zero-order chi connectivity index (χ0) is 23.3. The monoisotopic (exact) mass is 452 g/mol. The Kier molecular flexibility index (Phi) is 7.48. The van der Waals surface area contributed by atoms with Crippen LogP contribution in [0.5, 0.6) is 5.75 Å². The van der Waals surface area contributed by atoms with E-state index >= 15 is 0 Å². The Balaban J connectivity index is 1.64. The summed E-state index contributed by atoms with van der Waals surface area (Å²) in [6.45, 7) is 1.99. The molecule has 3 aromatic rings. The van der Waals surface area contributed by atoms with Crippen molar-refractivity contribution in [2.45, 2.75) is 45.1 Å². The lowest BCUT2D eigenvalue weighted by molar-refractivity contribution is -0.187. The van der Waals surface area contributed by atoms with Crippen molar-refractivity contribution in [3.8, 4) is 5.75 Å². The molecule has 0 aromatic heterocycles. The van der Waals surface area contributed by atoms with E-state index in [1.165, 1.54) is 30.3 Å². The van der Waals surface area contributed by atoms with Crippen molar-refractivity contribution in [1.29, 1.82) is 0 Å². The Bertz CT molecular complexity index is 1040. The first-order chi connectivity index (χ1) is 15.2.